The van der Waals surface area contributed by atoms with E-state index >= 15 is 0 Å². The molecule has 1 heterocycles. The van der Waals surface area contributed by atoms with Crippen molar-refractivity contribution in [2.45, 2.75) is 51.6 Å². The number of esters is 1. The maximum atomic E-state index is 12.4. The van der Waals surface area contributed by atoms with E-state index in [0.717, 1.165) is 23.2 Å². The third-order valence-electron chi connectivity index (χ3n) is 5.21. The van der Waals surface area contributed by atoms with Gasteiger partial charge in [0, 0.05) is 12.2 Å². The maximum absolute atomic E-state index is 12.4. The fourth-order valence-corrected chi connectivity index (χ4v) is 4.47. The van der Waals surface area contributed by atoms with E-state index in [2.05, 4.69) is 15.5 Å². The first-order chi connectivity index (χ1) is 13.0. The van der Waals surface area contributed by atoms with E-state index in [0.29, 0.717) is 30.2 Å². The number of nitrogens with zero attached hydrogens (tertiary/aromatic N) is 4. The van der Waals surface area contributed by atoms with Crippen LogP contribution in [-0.2, 0) is 14.3 Å². The summed E-state index contributed by atoms with van der Waals surface area (Å²) in [6.45, 7) is 6.13. The standard InChI is InChI=1S/C19H24N4O3S/c1-4-26-17(25)19(10-6-9-16(19)24)11-12-27-18-20-21-22-23(18)15-8-5-7-13(2)14(15)3/h5,7-8H,4,6,9-12H2,1-3H3/t19-/m0/s1. The smallest absolute Gasteiger partial charge is 0.319 e. The number of carbonyl (C=O) groups is 2. The van der Waals surface area contributed by atoms with Crippen molar-refractivity contribution in [3.63, 3.8) is 0 Å². The molecule has 0 bridgehead atoms. The zero-order valence-electron chi connectivity index (χ0n) is 15.9. The first-order valence-corrected chi connectivity index (χ1v) is 10.2. The summed E-state index contributed by atoms with van der Waals surface area (Å²) in [5.41, 5.74) is 2.21. The van der Waals surface area contributed by atoms with E-state index in [9.17, 15) is 9.59 Å². The zero-order chi connectivity index (χ0) is 19.4. The SMILES string of the molecule is CCOC(=O)[C@]1(CCSc2nnnn2-c2cccc(C)c2C)CCCC1=O. The molecule has 1 aromatic heterocycles. The van der Waals surface area contributed by atoms with Crippen molar-refractivity contribution in [2.24, 2.45) is 5.41 Å². The molecule has 0 aliphatic heterocycles. The number of hydrogen-bond acceptors (Lipinski definition) is 7. The van der Waals surface area contributed by atoms with Gasteiger partial charge in [-0.3, -0.25) is 9.59 Å². The highest BCUT2D eigenvalue weighted by Gasteiger charge is 2.49. The van der Waals surface area contributed by atoms with Gasteiger partial charge in [0.1, 0.15) is 11.2 Å². The highest BCUT2D eigenvalue weighted by molar-refractivity contribution is 7.99. The second-order valence-corrected chi connectivity index (χ2v) is 7.83. The number of tetrazole rings is 1. The van der Waals surface area contributed by atoms with Crippen LogP contribution in [0, 0.1) is 19.3 Å². The lowest BCUT2D eigenvalue weighted by Crippen LogP contribution is -2.37. The summed E-state index contributed by atoms with van der Waals surface area (Å²) in [4.78, 5) is 24.9. The Bertz CT molecular complexity index is 851. The highest BCUT2D eigenvalue weighted by atomic mass is 32.2. The van der Waals surface area contributed by atoms with Gasteiger partial charge in [-0.05, 0) is 67.7 Å². The normalized spacial score (nSPS) is 19.4. The van der Waals surface area contributed by atoms with Crippen LogP contribution in [-0.4, -0.2) is 44.3 Å². The molecule has 0 saturated heterocycles. The molecule has 1 aliphatic rings. The van der Waals surface area contributed by atoms with Gasteiger partial charge in [-0.2, -0.15) is 4.68 Å². The summed E-state index contributed by atoms with van der Waals surface area (Å²) in [5.74, 6) is 0.174. The molecule has 1 fully saturated rings. The fraction of sp³-hybridized carbons (Fsp3) is 0.526. The van der Waals surface area contributed by atoms with Gasteiger partial charge in [0.2, 0.25) is 5.16 Å². The molecule has 0 unspecified atom stereocenters. The predicted octanol–water partition coefficient (Wildman–Crippen LogP) is 3.06. The summed E-state index contributed by atoms with van der Waals surface area (Å²) in [7, 11) is 0. The van der Waals surface area contributed by atoms with Gasteiger partial charge < -0.3 is 4.74 Å². The number of hydrogen-bond donors (Lipinski definition) is 0. The largest absolute Gasteiger partial charge is 0.465 e. The average molecular weight is 388 g/mol. The second kappa shape index (κ2) is 8.21. The molecule has 2 aromatic rings. The minimum atomic E-state index is -0.999. The molecule has 0 amide bonds. The van der Waals surface area contributed by atoms with Gasteiger partial charge >= 0.3 is 5.97 Å². The Morgan fingerprint density at radius 3 is 2.89 bits per heavy atom. The van der Waals surface area contributed by atoms with E-state index in [1.54, 1.807) is 11.6 Å². The van der Waals surface area contributed by atoms with E-state index in [1.807, 2.05) is 32.0 Å². The van der Waals surface area contributed by atoms with Crippen molar-refractivity contribution < 1.29 is 14.3 Å². The molecule has 0 N–H and O–H groups in total. The van der Waals surface area contributed by atoms with E-state index in [4.69, 9.17) is 4.74 Å². The maximum Gasteiger partial charge on any atom is 0.319 e. The van der Waals surface area contributed by atoms with E-state index in [-0.39, 0.29) is 18.4 Å². The number of Topliss-reactive ketones (excluding diaryl/α,β-unsaturated/α-hetero) is 1. The number of aryl methyl sites for hydroxylation is 1. The Morgan fingerprint density at radius 1 is 1.37 bits per heavy atom. The van der Waals surface area contributed by atoms with Crippen molar-refractivity contribution in [1.82, 2.24) is 20.2 Å². The molecule has 3 rings (SSSR count). The first-order valence-electron chi connectivity index (χ1n) is 9.18. The Hall–Kier alpha value is -2.22. The van der Waals surface area contributed by atoms with Crippen molar-refractivity contribution in [3.8, 4) is 5.69 Å². The molecule has 0 spiro atoms. The topological polar surface area (TPSA) is 87.0 Å². The first kappa shape index (κ1) is 19.5. The number of thioether (sulfide) groups is 1. The lowest BCUT2D eigenvalue weighted by atomic mass is 9.82. The van der Waals surface area contributed by atoms with Crippen LogP contribution in [0.4, 0.5) is 0 Å². The van der Waals surface area contributed by atoms with Crippen LogP contribution in [0.3, 0.4) is 0 Å². The van der Waals surface area contributed by atoms with Crippen LogP contribution in [0.5, 0.6) is 0 Å². The molecule has 1 saturated carbocycles. The van der Waals surface area contributed by atoms with Crippen LogP contribution in [0.2, 0.25) is 0 Å². The molecule has 144 valence electrons. The number of benzene rings is 1. The van der Waals surface area contributed by atoms with Crippen molar-refractivity contribution >= 4 is 23.5 Å². The molecule has 1 atom stereocenters. The lowest BCUT2D eigenvalue weighted by Gasteiger charge is -2.24. The molecule has 7 nitrogen and oxygen atoms in total. The number of ketones is 1. The number of rotatable bonds is 7. The minimum Gasteiger partial charge on any atom is -0.465 e. The fourth-order valence-electron chi connectivity index (χ4n) is 3.48. The van der Waals surface area contributed by atoms with Crippen molar-refractivity contribution in [2.75, 3.05) is 12.4 Å². The van der Waals surface area contributed by atoms with Crippen LogP contribution < -0.4 is 0 Å². The lowest BCUT2D eigenvalue weighted by molar-refractivity contribution is -0.158. The molecule has 1 aliphatic carbocycles. The van der Waals surface area contributed by atoms with Gasteiger partial charge in [0.25, 0.3) is 0 Å². The molecular formula is C19H24N4O3S. The van der Waals surface area contributed by atoms with E-state index < -0.39 is 5.41 Å². The zero-order valence-corrected chi connectivity index (χ0v) is 16.7. The van der Waals surface area contributed by atoms with Crippen molar-refractivity contribution in [1.29, 1.82) is 0 Å². The summed E-state index contributed by atoms with van der Waals surface area (Å²) in [5, 5.41) is 12.7. The number of aromatic nitrogens is 4. The minimum absolute atomic E-state index is 0.00401. The van der Waals surface area contributed by atoms with E-state index in [1.165, 1.54) is 11.8 Å². The number of carbonyl (C=O) groups excluding carboxylic acids is 2. The molecule has 0 radical (unpaired) electrons. The van der Waals surface area contributed by atoms with Crippen LogP contribution in [0.15, 0.2) is 23.4 Å². The average Bonchev–Trinajstić information content (AvgIpc) is 3.25. The number of ether oxygens (including phenoxy) is 1. The summed E-state index contributed by atoms with van der Waals surface area (Å²) in [6.07, 6.45) is 2.19. The Balaban J connectivity index is 1.74. The van der Waals surface area contributed by atoms with Gasteiger partial charge in [-0.25, -0.2) is 0 Å². The van der Waals surface area contributed by atoms with Gasteiger partial charge in [-0.15, -0.1) is 5.10 Å². The van der Waals surface area contributed by atoms with Crippen LogP contribution in [0.25, 0.3) is 5.69 Å². The van der Waals surface area contributed by atoms with Crippen molar-refractivity contribution in [3.05, 3.63) is 29.3 Å². The van der Waals surface area contributed by atoms with Gasteiger partial charge in [0.05, 0.1) is 12.3 Å². The third kappa shape index (κ3) is 3.76. The monoisotopic (exact) mass is 388 g/mol. The second-order valence-electron chi connectivity index (χ2n) is 6.77. The molecule has 27 heavy (non-hydrogen) atoms. The summed E-state index contributed by atoms with van der Waals surface area (Å²) >= 11 is 1.45. The quantitative estimate of drug-likeness (QED) is 0.409. The van der Waals surface area contributed by atoms with Gasteiger partial charge in [-0.1, -0.05) is 23.9 Å². The Labute approximate surface area is 162 Å². The third-order valence-corrected chi connectivity index (χ3v) is 6.13. The Kier molecular flexibility index (Phi) is 5.94. The summed E-state index contributed by atoms with van der Waals surface area (Å²) < 4.78 is 6.90. The molecule has 8 heteroatoms. The highest BCUT2D eigenvalue weighted by Crippen LogP contribution is 2.40. The Morgan fingerprint density at radius 2 is 2.19 bits per heavy atom. The summed E-state index contributed by atoms with van der Waals surface area (Å²) in [6, 6.07) is 5.99. The van der Waals surface area contributed by atoms with Crippen LogP contribution >= 0.6 is 11.8 Å². The predicted molar refractivity (Wildman–Crippen MR) is 102 cm³/mol. The van der Waals surface area contributed by atoms with Crippen LogP contribution in [0.1, 0.15) is 43.7 Å². The van der Waals surface area contributed by atoms with Gasteiger partial charge in [0.15, 0.2) is 0 Å². The molecular weight excluding hydrogens is 364 g/mol. The molecule has 1 aromatic carbocycles.